The summed E-state index contributed by atoms with van der Waals surface area (Å²) in [5.74, 6) is 0.962. The van der Waals surface area contributed by atoms with E-state index in [2.05, 4.69) is 64.7 Å². The van der Waals surface area contributed by atoms with Gasteiger partial charge < -0.3 is 10.0 Å². The van der Waals surface area contributed by atoms with Crippen molar-refractivity contribution in [3.63, 3.8) is 0 Å². The van der Waals surface area contributed by atoms with Crippen LogP contribution >= 0.6 is 11.3 Å². The summed E-state index contributed by atoms with van der Waals surface area (Å²) in [6.45, 7) is 2.20. The lowest BCUT2D eigenvalue weighted by Gasteiger charge is -2.34. The van der Waals surface area contributed by atoms with Crippen LogP contribution in [0.25, 0.3) is 4.96 Å². The summed E-state index contributed by atoms with van der Waals surface area (Å²) in [7, 11) is 0. The number of hydrogen-bond donors (Lipinski definition) is 2. The zero-order chi connectivity index (χ0) is 19.6. The van der Waals surface area contributed by atoms with Crippen LogP contribution in [0.5, 0.6) is 5.88 Å². The molecule has 1 aliphatic heterocycles. The second-order valence-electron chi connectivity index (χ2n) is 7.88. The molecule has 0 unspecified atom stereocenters. The molecule has 29 heavy (non-hydrogen) atoms. The Morgan fingerprint density at radius 2 is 1.72 bits per heavy atom. The molecule has 148 valence electrons. The van der Waals surface area contributed by atoms with E-state index in [0.29, 0.717) is 0 Å². The minimum absolute atomic E-state index is 0.113. The van der Waals surface area contributed by atoms with Crippen LogP contribution in [0.3, 0.4) is 0 Å². The first-order chi connectivity index (χ1) is 14.3. The summed E-state index contributed by atoms with van der Waals surface area (Å²) in [4.78, 5) is 7.50. The number of quaternary nitrogens is 1. The van der Waals surface area contributed by atoms with Crippen molar-refractivity contribution in [2.75, 3.05) is 13.1 Å². The van der Waals surface area contributed by atoms with E-state index in [-0.39, 0.29) is 11.9 Å². The summed E-state index contributed by atoms with van der Waals surface area (Å²) < 4.78 is 1.55. The van der Waals surface area contributed by atoms with Gasteiger partial charge in [-0.15, -0.1) is 0 Å². The average molecular weight is 406 g/mol. The number of piperidine rings is 1. The number of fused-ring (bicyclic) bond motifs is 1. The number of hydrogen-bond acceptors (Lipinski definition) is 4. The van der Waals surface area contributed by atoms with Crippen molar-refractivity contribution in [3.8, 4) is 5.88 Å². The minimum Gasteiger partial charge on any atom is -0.492 e. The maximum absolute atomic E-state index is 10.8. The van der Waals surface area contributed by atoms with Gasteiger partial charge in [-0.2, -0.15) is 9.61 Å². The van der Waals surface area contributed by atoms with Crippen molar-refractivity contribution < 1.29 is 10.0 Å². The van der Waals surface area contributed by atoms with Crippen molar-refractivity contribution in [1.82, 2.24) is 14.6 Å². The van der Waals surface area contributed by atoms with Gasteiger partial charge in [-0.25, -0.2) is 4.98 Å². The summed E-state index contributed by atoms with van der Waals surface area (Å²) in [6.07, 6.45) is 5.06. The molecular formula is C23H25N4OS+. The van der Waals surface area contributed by atoms with Gasteiger partial charge in [0.1, 0.15) is 11.2 Å². The first-order valence-electron chi connectivity index (χ1n) is 10.2. The number of nitrogens with zero attached hydrogens (tertiary/aromatic N) is 3. The lowest BCUT2D eigenvalue weighted by Crippen LogP contribution is -3.13. The van der Waals surface area contributed by atoms with Gasteiger partial charge in [0.05, 0.1) is 13.1 Å². The lowest BCUT2D eigenvalue weighted by molar-refractivity contribution is -0.931. The molecule has 0 spiro atoms. The number of thiazole rings is 1. The highest BCUT2D eigenvalue weighted by molar-refractivity contribution is 7.17. The molecule has 5 rings (SSSR count). The third-order valence-electron chi connectivity index (χ3n) is 6.06. The SMILES string of the molecule is Oc1c([C@H](c2ccccc2)[NH+]2CCC(Cc3ccccc3)CC2)sc2ncnn12. The van der Waals surface area contributed by atoms with Gasteiger partial charge in [0.2, 0.25) is 10.8 Å². The van der Waals surface area contributed by atoms with Crippen LogP contribution in [0, 0.1) is 5.92 Å². The molecule has 2 aromatic heterocycles. The van der Waals surface area contributed by atoms with E-state index >= 15 is 0 Å². The zero-order valence-electron chi connectivity index (χ0n) is 16.2. The summed E-state index contributed by atoms with van der Waals surface area (Å²) in [5.41, 5.74) is 2.67. The van der Waals surface area contributed by atoms with E-state index in [1.807, 2.05) is 6.07 Å². The molecular weight excluding hydrogens is 380 g/mol. The van der Waals surface area contributed by atoms with Gasteiger partial charge in [-0.05, 0) is 30.7 Å². The van der Waals surface area contributed by atoms with Crippen LogP contribution in [-0.4, -0.2) is 32.8 Å². The maximum atomic E-state index is 10.8. The fourth-order valence-electron chi connectivity index (χ4n) is 4.59. The third-order valence-corrected chi connectivity index (χ3v) is 7.16. The first kappa shape index (κ1) is 18.3. The summed E-state index contributed by atoms with van der Waals surface area (Å²) >= 11 is 1.55. The molecule has 2 N–H and O–H groups in total. The molecule has 1 aliphatic rings. The highest BCUT2D eigenvalue weighted by Crippen LogP contribution is 2.35. The van der Waals surface area contributed by atoms with Gasteiger partial charge in [0.25, 0.3) is 0 Å². The van der Waals surface area contributed by atoms with E-state index in [0.717, 1.165) is 35.3 Å². The van der Waals surface area contributed by atoms with Crippen molar-refractivity contribution >= 4 is 16.3 Å². The summed E-state index contributed by atoms with van der Waals surface area (Å²) in [5, 5.41) is 15.0. The van der Waals surface area contributed by atoms with E-state index in [1.165, 1.54) is 35.2 Å². The molecule has 5 nitrogen and oxygen atoms in total. The number of benzene rings is 2. The van der Waals surface area contributed by atoms with Gasteiger partial charge in [0.15, 0.2) is 6.04 Å². The van der Waals surface area contributed by atoms with Crippen LogP contribution in [-0.2, 0) is 6.42 Å². The monoisotopic (exact) mass is 405 g/mol. The normalized spacial score (nSPS) is 20.7. The second kappa shape index (κ2) is 7.97. The Hall–Kier alpha value is -2.70. The minimum atomic E-state index is 0.113. The standard InChI is InChI=1S/C23H24N4OS/c28-22-21(29-23-24-16-25-27(22)23)20(19-9-5-2-6-10-19)26-13-11-18(12-14-26)15-17-7-3-1-4-8-17/h1-10,16,18,20,28H,11-15H2/p+1/t20-/m0/s1. The Morgan fingerprint density at radius 1 is 1.03 bits per heavy atom. The Balaban J connectivity index is 1.39. The topological polar surface area (TPSA) is 54.9 Å². The second-order valence-corrected chi connectivity index (χ2v) is 8.89. The molecule has 0 bridgehead atoms. The number of rotatable bonds is 5. The van der Waals surface area contributed by atoms with Crippen molar-refractivity contribution in [3.05, 3.63) is 83.0 Å². The van der Waals surface area contributed by atoms with E-state index in [9.17, 15) is 5.11 Å². The highest BCUT2D eigenvalue weighted by atomic mass is 32.1. The van der Waals surface area contributed by atoms with Crippen molar-refractivity contribution in [2.24, 2.45) is 5.92 Å². The van der Waals surface area contributed by atoms with Crippen LogP contribution in [0.2, 0.25) is 0 Å². The van der Waals surface area contributed by atoms with Gasteiger partial charge in [0, 0.05) is 5.56 Å². The fraction of sp³-hybridized carbons (Fsp3) is 0.304. The van der Waals surface area contributed by atoms with Crippen molar-refractivity contribution in [2.45, 2.75) is 25.3 Å². The Kier molecular flexibility index (Phi) is 5.04. The van der Waals surface area contributed by atoms with Gasteiger partial charge in [-0.3, -0.25) is 0 Å². The average Bonchev–Trinajstić information content (AvgIpc) is 3.35. The van der Waals surface area contributed by atoms with Gasteiger partial charge >= 0.3 is 0 Å². The van der Waals surface area contributed by atoms with E-state index in [4.69, 9.17) is 0 Å². The smallest absolute Gasteiger partial charge is 0.235 e. The number of likely N-dealkylation sites (tertiary alicyclic amines) is 1. The predicted molar refractivity (Wildman–Crippen MR) is 114 cm³/mol. The molecule has 2 aromatic carbocycles. The molecule has 6 heteroatoms. The molecule has 4 aromatic rings. The molecule has 0 amide bonds. The molecule has 0 saturated carbocycles. The third kappa shape index (κ3) is 3.66. The van der Waals surface area contributed by atoms with E-state index < -0.39 is 0 Å². The zero-order valence-corrected chi connectivity index (χ0v) is 17.1. The first-order valence-corrected chi connectivity index (χ1v) is 11.1. The van der Waals surface area contributed by atoms with Crippen LogP contribution in [0.1, 0.15) is 34.9 Å². The fourth-order valence-corrected chi connectivity index (χ4v) is 5.70. The Labute approximate surface area is 174 Å². The largest absolute Gasteiger partial charge is 0.492 e. The predicted octanol–water partition coefficient (Wildman–Crippen LogP) is 3.12. The summed E-state index contributed by atoms with van der Waals surface area (Å²) in [6, 6.07) is 21.5. The van der Waals surface area contributed by atoms with Crippen molar-refractivity contribution in [1.29, 1.82) is 0 Å². The van der Waals surface area contributed by atoms with Crippen LogP contribution in [0.4, 0.5) is 0 Å². The molecule has 3 heterocycles. The molecule has 1 fully saturated rings. The van der Waals surface area contributed by atoms with E-state index in [1.54, 1.807) is 15.9 Å². The van der Waals surface area contributed by atoms with Gasteiger partial charge in [-0.1, -0.05) is 72.0 Å². The lowest BCUT2D eigenvalue weighted by atomic mass is 9.89. The maximum Gasteiger partial charge on any atom is 0.235 e. The molecule has 0 aliphatic carbocycles. The number of aromatic nitrogens is 3. The Bertz CT molecular complexity index is 1070. The highest BCUT2D eigenvalue weighted by Gasteiger charge is 2.35. The Morgan fingerprint density at radius 3 is 2.41 bits per heavy atom. The molecule has 0 radical (unpaired) electrons. The van der Waals surface area contributed by atoms with Crippen LogP contribution in [0.15, 0.2) is 67.0 Å². The molecule has 1 atom stereocenters. The number of aromatic hydroxyl groups is 1. The number of nitrogens with one attached hydrogen (secondary N) is 1. The quantitative estimate of drug-likeness (QED) is 0.536. The molecule has 1 saturated heterocycles. The van der Waals surface area contributed by atoms with Crippen LogP contribution < -0.4 is 4.90 Å².